The number of hydrogen-bond acceptors (Lipinski definition) is 12. The Morgan fingerprint density at radius 3 is 2.04 bits per heavy atom. The second kappa shape index (κ2) is 17.0. The highest BCUT2D eigenvalue weighted by atomic mass is 28.5. The predicted molar refractivity (Wildman–Crippen MR) is 211 cm³/mol. The Morgan fingerprint density at radius 1 is 0.945 bits per heavy atom. The largest absolute Gasteiger partial charge is 0.444 e. The number of ether oxygens (including phenoxy) is 3. The number of carbonyl (C=O) groups is 3. The molecule has 0 radical (unpaired) electrons. The average Bonchev–Trinajstić information content (AvgIpc) is 3.62. The van der Waals surface area contributed by atoms with E-state index < -0.39 is 65.0 Å². The molecule has 0 saturated carbocycles. The summed E-state index contributed by atoms with van der Waals surface area (Å²) in [6.07, 6.45) is -3.56. The maximum atomic E-state index is 14.0. The summed E-state index contributed by atoms with van der Waals surface area (Å²) >= 11 is 0. The van der Waals surface area contributed by atoms with E-state index in [0.29, 0.717) is 0 Å². The van der Waals surface area contributed by atoms with Crippen LogP contribution in [0.5, 0.6) is 0 Å². The summed E-state index contributed by atoms with van der Waals surface area (Å²) in [4.78, 5) is 66.6. The number of likely N-dealkylation sites (N-methyl/N-ethyl adjacent to an activating group) is 2. The van der Waals surface area contributed by atoms with Crippen LogP contribution < -0.4 is 10.9 Å². The number of carbonyl (C=O) groups excluding carboxylic acids is 3. The van der Waals surface area contributed by atoms with Gasteiger partial charge in [0, 0.05) is 33.1 Å². The zero-order valence-electron chi connectivity index (χ0n) is 35.2. The molecule has 0 unspecified atom stereocenters. The molecule has 4 rings (SSSR count). The highest BCUT2D eigenvalue weighted by Gasteiger charge is 2.62. The Balaban J connectivity index is 1.80. The number of amides is 3. The molecule has 3 amide bonds. The van der Waals surface area contributed by atoms with Gasteiger partial charge in [-0.25, -0.2) is 14.6 Å². The molecule has 310 valence electrons. The van der Waals surface area contributed by atoms with Crippen molar-refractivity contribution in [3.05, 3.63) is 16.7 Å². The standard InChI is InChI=1S/C36H63N7O10Si2/c1-20(2)30(44)39-33-38-29-26(31(45)40-33)37-19-43(29)32-28(50-34(46)41(14)16-17-42(15)35(47)51-36(11,12)13)27-25(49-32)18-48-54(21(3)4,22(5)6)53-55(52-27,23(7)8)24(9)10/h19-25,27-28,32H,16-18H2,1-15H3,(H2,38,39,40,44,45)/t25-,27-,28-,32-/m1/s1. The number of imidazole rings is 1. The maximum absolute atomic E-state index is 14.0. The highest BCUT2D eigenvalue weighted by molar-refractivity contribution is 6.84. The van der Waals surface area contributed by atoms with Crippen LogP contribution in [0.15, 0.2) is 11.1 Å². The van der Waals surface area contributed by atoms with Crippen molar-refractivity contribution in [2.75, 3.05) is 39.1 Å². The van der Waals surface area contributed by atoms with E-state index in [-0.39, 0.29) is 70.8 Å². The van der Waals surface area contributed by atoms with Gasteiger partial charge < -0.3 is 37.0 Å². The fourth-order valence-electron chi connectivity index (χ4n) is 6.93. The molecule has 0 aliphatic carbocycles. The van der Waals surface area contributed by atoms with Gasteiger partial charge in [-0.15, -0.1) is 0 Å². The first kappa shape index (κ1) is 44.3. The molecule has 2 fully saturated rings. The number of nitrogens with one attached hydrogen (secondary N) is 2. The van der Waals surface area contributed by atoms with Crippen molar-refractivity contribution in [1.29, 1.82) is 0 Å². The third-order valence-electron chi connectivity index (χ3n) is 10.1. The first-order valence-corrected chi connectivity index (χ1v) is 23.2. The predicted octanol–water partition coefficient (Wildman–Crippen LogP) is 5.87. The van der Waals surface area contributed by atoms with Crippen LogP contribution >= 0.6 is 0 Å². The minimum atomic E-state index is -3.21. The van der Waals surface area contributed by atoms with E-state index in [1.165, 1.54) is 20.7 Å². The summed E-state index contributed by atoms with van der Waals surface area (Å²) in [5, 5.41) is 2.65. The molecule has 19 heteroatoms. The van der Waals surface area contributed by atoms with Gasteiger partial charge in [-0.3, -0.25) is 24.5 Å². The van der Waals surface area contributed by atoms with Gasteiger partial charge in [0.2, 0.25) is 11.9 Å². The Kier molecular flexibility index (Phi) is 13.7. The summed E-state index contributed by atoms with van der Waals surface area (Å²) in [7, 11) is -3.00. The Morgan fingerprint density at radius 2 is 1.51 bits per heavy atom. The van der Waals surface area contributed by atoms with Crippen molar-refractivity contribution < 1.29 is 41.6 Å². The fourth-order valence-corrected chi connectivity index (χ4v) is 18.1. The molecule has 0 bridgehead atoms. The van der Waals surface area contributed by atoms with Gasteiger partial charge in [-0.05, 0) is 42.9 Å². The van der Waals surface area contributed by atoms with Crippen LogP contribution in [0.2, 0.25) is 22.2 Å². The summed E-state index contributed by atoms with van der Waals surface area (Å²) in [6, 6.07) is 0. The molecule has 2 aromatic rings. The number of H-pyrrole nitrogens is 1. The summed E-state index contributed by atoms with van der Waals surface area (Å²) in [6.45, 7) is 26.1. The molecule has 55 heavy (non-hydrogen) atoms. The van der Waals surface area contributed by atoms with Gasteiger partial charge in [0.1, 0.15) is 17.8 Å². The lowest BCUT2D eigenvalue weighted by atomic mass is 10.1. The lowest BCUT2D eigenvalue weighted by Gasteiger charge is -2.51. The second-order valence-corrected chi connectivity index (χ2v) is 26.0. The normalized spacial score (nSPS) is 22.5. The molecule has 0 spiro atoms. The van der Waals surface area contributed by atoms with Gasteiger partial charge in [0.25, 0.3) is 5.56 Å². The highest BCUT2D eigenvalue weighted by Crippen LogP contribution is 2.49. The van der Waals surface area contributed by atoms with Crippen LogP contribution in [-0.2, 0) is 32.0 Å². The van der Waals surface area contributed by atoms with Gasteiger partial charge in [0.15, 0.2) is 23.5 Å². The molecular weight excluding hydrogens is 747 g/mol. The van der Waals surface area contributed by atoms with Crippen molar-refractivity contribution in [2.45, 2.75) is 142 Å². The zero-order valence-corrected chi connectivity index (χ0v) is 37.2. The van der Waals surface area contributed by atoms with Gasteiger partial charge in [-0.1, -0.05) is 69.2 Å². The van der Waals surface area contributed by atoms with Crippen LogP contribution in [-0.4, -0.2) is 122 Å². The van der Waals surface area contributed by atoms with Crippen LogP contribution in [0.4, 0.5) is 15.5 Å². The fraction of sp³-hybridized carbons (Fsp3) is 0.778. The van der Waals surface area contributed by atoms with Crippen molar-refractivity contribution in [2.24, 2.45) is 5.92 Å². The van der Waals surface area contributed by atoms with Crippen LogP contribution in [0.3, 0.4) is 0 Å². The lowest BCUT2D eigenvalue weighted by Crippen LogP contribution is -2.66. The van der Waals surface area contributed by atoms with Crippen LogP contribution in [0.25, 0.3) is 11.2 Å². The van der Waals surface area contributed by atoms with E-state index in [1.807, 2.05) is 0 Å². The number of rotatable bonds is 11. The molecule has 4 atom stereocenters. The molecule has 0 aromatic carbocycles. The third kappa shape index (κ3) is 9.44. The SMILES string of the molecule is CC(C)C(=O)Nc1nc2c(ncn2[C@@H]2O[C@@H]3CO[Si](C(C)C)(C(C)C)O[Si](C(C)C)(C(C)C)O[C@H]3[C@H]2OC(=O)N(C)CCN(C)C(=O)OC(C)(C)C)c(=O)[nH]1. The molecule has 2 aliphatic rings. The van der Waals surface area contributed by atoms with Gasteiger partial charge in [0.05, 0.1) is 12.9 Å². The zero-order chi connectivity index (χ0) is 41.4. The first-order valence-electron chi connectivity index (χ1n) is 19.2. The van der Waals surface area contributed by atoms with Crippen molar-refractivity contribution >= 4 is 52.3 Å². The minimum absolute atomic E-state index is 0.00228. The number of anilines is 1. The summed E-state index contributed by atoms with van der Waals surface area (Å²) in [5.74, 6) is -0.774. The lowest BCUT2D eigenvalue weighted by molar-refractivity contribution is -0.118. The van der Waals surface area contributed by atoms with E-state index >= 15 is 0 Å². The van der Waals surface area contributed by atoms with Crippen molar-refractivity contribution in [1.82, 2.24) is 29.3 Å². The van der Waals surface area contributed by atoms with E-state index in [2.05, 4.69) is 75.7 Å². The van der Waals surface area contributed by atoms with Gasteiger partial charge >= 0.3 is 29.3 Å². The monoisotopic (exact) mass is 809 g/mol. The Bertz CT molecular complexity index is 1720. The van der Waals surface area contributed by atoms with Crippen LogP contribution in [0, 0.1) is 5.92 Å². The van der Waals surface area contributed by atoms with Gasteiger partial charge in [-0.2, -0.15) is 4.98 Å². The molecule has 2 N–H and O–H groups in total. The van der Waals surface area contributed by atoms with E-state index in [1.54, 1.807) is 48.7 Å². The second-order valence-electron chi connectivity index (χ2n) is 17.2. The smallest absolute Gasteiger partial charge is 0.410 e. The third-order valence-corrected chi connectivity index (χ3v) is 20.4. The number of hydrogen-bond donors (Lipinski definition) is 2. The van der Waals surface area contributed by atoms with E-state index in [4.69, 9.17) is 27.2 Å². The van der Waals surface area contributed by atoms with E-state index in [9.17, 15) is 19.2 Å². The number of nitrogens with zero attached hydrogens (tertiary/aromatic N) is 5. The molecule has 2 aromatic heterocycles. The van der Waals surface area contributed by atoms with E-state index in [0.717, 1.165) is 0 Å². The summed E-state index contributed by atoms with van der Waals surface area (Å²) < 4.78 is 41.8. The quantitative estimate of drug-likeness (QED) is 0.257. The number of fused-ring (bicyclic) bond motifs is 2. The molecule has 2 aliphatic heterocycles. The van der Waals surface area contributed by atoms with Crippen LogP contribution in [0.1, 0.15) is 96.2 Å². The van der Waals surface area contributed by atoms with Crippen molar-refractivity contribution in [3.63, 3.8) is 0 Å². The minimum Gasteiger partial charge on any atom is -0.444 e. The Labute approximate surface area is 326 Å². The topological polar surface area (TPSA) is 189 Å². The first-order chi connectivity index (χ1) is 25.4. The summed E-state index contributed by atoms with van der Waals surface area (Å²) in [5.41, 5.74) is -1.02. The Hall–Kier alpha value is -3.37. The maximum Gasteiger partial charge on any atom is 0.410 e. The molecular formula is C36H63N7O10Si2. The number of aromatic nitrogens is 4. The molecule has 17 nitrogen and oxygen atoms in total. The molecule has 2 saturated heterocycles. The number of aromatic amines is 1. The molecule has 4 heterocycles. The van der Waals surface area contributed by atoms with Crippen molar-refractivity contribution in [3.8, 4) is 0 Å². The average molecular weight is 810 g/mol.